The Morgan fingerprint density at radius 2 is 1.00 bits per heavy atom. The minimum Gasteiger partial charge on any atom is -0.372 e. The quantitative estimate of drug-likeness (QED) is 0.231. The Labute approximate surface area is 193 Å². The summed E-state index contributed by atoms with van der Waals surface area (Å²) in [5, 5.41) is 5.24. The lowest BCUT2D eigenvalue weighted by atomic mass is 10.1. The molecule has 156 valence electrons. The van der Waals surface area contributed by atoms with Crippen molar-refractivity contribution in [3.05, 3.63) is 95.1 Å². The Balaban J connectivity index is 1.39. The van der Waals surface area contributed by atoms with E-state index in [4.69, 9.17) is 9.47 Å². The maximum atomic E-state index is 6.29. The van der Waals surface area contributed by atoms with E-state index < -0.39 is 0 Å². The van der Waals surface area contributed by atoms with Gasteiger partial charge in [-0.1, -0.05) is 48.5 Å². The Morgan fingerprint density at radius 1 is 0.500 bits per heavy atom. The van der Waals surface area contributed by atoms with Crippen molar-refractivity contribution in [1.82, 2.24) is 0 Å². The molecule has 2 aromatic heterocycles. The van der Waals surface area contributed by atoms with E-state index in [1.165, 1.54) is 62.6 Å². The number of hydrogen-bond acceptors (Lipinski definition) is 4. The highest BCUT2D eigenvalue weighted by molar-refractivity contribution is 7.26. The molecular formula is C28H20O2S2. The van der Waals surface area contributed by atoms with Crippen molar-refractivity contribution < 1.29 is 9.47 Å². The second-order valence-corrected chi connectivity index (χ2v) is 10.5. The third-order valence-corrected chi connectivity index (χ3v) is 8.86. The molecule has 1 aliphatic rings. The van der Waals surface area contributed by atoms with Crippen LogP contribution in [0.3, 0.4) is 0 Å². The highest BCUT2D eigenvalue weighted by atomic mass is 32.1. The number of fused-ring (bicyclic) bond motifs is 2. The fourth-order valence-electron chi connectivity index (χ4n) is 4.77. The Morgan fingerprint density at radius 3 is 1.53 bits per heavy atom. The van der Waals surface area contributed by atoms with Gasteiger partial charge in [-0.2, -0.15) is 0 Å². The van der Waals surface area contributed by atoms with Crippen molar-refractivity contribution in [3.8, 4) is 0 Å². The predicted octanol–water partition coefficient (Wildman–Crippen LogP) is 8.17. The normalized spacial score (nSPS) is 14.8. The summed E-state index contributed by atoms with van der Waals surface area (Å²) in [5.74, 6) is 0. The zero-order valence-corrected chi connectivity index (χ0v) is 19.0. The lowest BCUT2D eigenvalue weighted by molar-refractivity contribution is 0.107. The molecule has 6 aromatic rings. The molecule has 32 heavy (non-hydrogen) atoms. The summed E-state index contributed by atoms with van der Waals surface area (Å²) in [7, 11) is 0. The Kier molecular flexibility index (Phi) is 4.34. The third-order valence-electron chi connectivity index (χ3n) is 6.34. The monoisotopic (exact) mass is 452 g/mol. The lowest BCUT2D eigenvalue weighted by Crippen LogP contribution is -1.95. The second kappa shape index (κ2) is 7.39. The summed E-state index contributed by atoms with van der Waals surface area (Å²) in [6, 6.07) is 26.6. The van der Waals surface area contributed by atoms with Crippen LogP contribution in [0, 0.1) is 0 Å². The molecule has 2 nitrogen and oxygen atoms in total. The summed E-state index contributed by atoms with van der Waals surface area (Å²) in [4.78, 5) is 0. The largest absolute Gasteiger partial charge is 0.372 e. The predicted molar refractivity (Wildman–Crippen MR) is 136 cm³/mol. The SMILES string of the molecule is c1cc2c3sc4ccc(cc4c3c1)COCc1ccc3sc4c(cccc4c3c1)COC2. The second-order valence-electron chi connectivity index (χ2n) is 8.44. The maximum absolute atomic E-state index is 6.29. The molecule has 0 amide bonds. The van der Waals surface area contributed by atoms with Crippen LogP contribution in [0.2, 0.25) is 0 Å². The molecule has 3 heterocycles. The van der Waals surface area contributed by atoms with Gasteiger partial charge in [0, 0.05) is 40.3 Å². The van der Waals surface area contributed by atoms with Crippen LogP contribution in [-0.2, 0) is 35.9 Å². The summed E-state index contributed by atoms with van der Waals surface area (Å²) in [6.07, 6.45) is 0. The van der Waals surface area contributed by atoms with Crippen LogP contribution in [0.5, 0.6) is 0 Å². The van der Waals surface area contributed by atoms with Gasteiger partial charge in [0.05, 0.1) is 26.4 Å². The van der Waals surface area contributed by atoms with Gasteiger partial charge < -0.3 is 9.47 Å². The molecule has 0 fully saturated rings. The van der Waals surface area contributed by atoms with Gasteiger partial charge in [-0.25, -0.2) is 0 Å². The highest BCUT2D eigenvalue weighted by Gasteiger charge is 2.13. The van der Waals surface area contributed by atoms with Gasteiger partial charge in [0.15, 0.2) is 0 Å². The molecule has 4 aromatic carbocycles. The molecular weight excluding hydrogens is 432 g/mol. The van der Waals surface area contributed by atoms with Gasteiger partial charge in [-0.05, 0) is 46.5 Å². The maximum Gasteiger partial charge on any atom is 0.0735 e. The van der Waals surface area contributed by atoms with Gasteiger partial charge in [0.25, 0.3) is 0 Å². The van der Waals surface area contributed by atoms with Crippen LogP contribution in [0.1, 0.15) is 22.3 Å². The number of thiophene rings is 2. The molecule has 0 spiro atoms. The molecule has 10 bridgehead atoms. The summed E-state index contributed by atoms with van der Waals surface area (Å²) < 4.78 is 17.7. The van der Waals surface area contributed by atoms with Gasteiger partial charge in [-0.3, -0.25) is 0 Å². The zero-order valence-electron chi connectivity index (χ0n) is 17.4. The number of benzene rings is 4. The summed E-state index contributed by atoms with van der Waals surface area (Å²) in [6.45, 7) is 2.46. The van der Waals surface area contributed by atoms with E-state index in [0.29, 0.717) is 26.4 Å². The summed E-state index contributed by atoms with van der Waals surface area (Å²) in [5.41, 5.74) is 4.95. The van der Waals surface area contributed by atoms with Gasteiger partial charge in [-0.15, -0.1) is 22.7 Å². The lowest BCUT2D eigenvalue weighted by Gasteiger charge is -2.08. The first kappa shape index (κ1) is 18.8. The van der Waals surface area contributed by atoms with Gasteiger partial charge in [0.1, 0.15) is 0 Å². The first-order valence-corrected chi connectivity index (χ1v) is 12.5. The minimum atomic E-state index is 0.614. The molecule has 0 atom stereocenters. The van der Waals surface area contributed by atoms with E-state index in [1.54, 1.807) is 0 Å². The average Bonchev–Trinajstić information content (AvgIpc) is 3.38. The fourth-order valence-corrected chi connectivity index (χ4v) is 7.13. The third kappa shape index (κ3) is 2.99. The molecule has 1 aliphatic heterocycles. The fraction of sp³-hybridized carbons (Fsp3) is 0.143. The van der Waals surface area contributed by atoms with E-state index in [9.17, 15) is 0 Å². The topological polar surface area (TPSA) is 18.5 Å². The molecule has 0 aliphatic carbocycles. The minimum absolute atomic E-state index is 0.614. The van der Waals surface area contributed by atoms with Gasteiger partial charge in [0.2, 0.25) is 0 Å². The van der Waals surface area contributed by atoms with Crippen molar-refractivity contribution >= 4 is 63.0 Å². The smallest absolute Gasteiger partial charge is 0.0735 e. The van der Waals surface area contributed by atoms with Crippen LogP contribution in [0.4, 0.5) is 0 Å². The van der Waals surface area contributed by atoms with E-state index in [-0.39, 0.29) is 0 Å². The van der Waals surface area contributed by atoms with Crippen molar-refractivity contribution in [2.75, 3.05) is 0 Å². The average molecular weight is 453 g/mol. The zero-order chi connectivity index (χ0) is 21.1. The summed E-state index contributed by atoms with van der Waals surface area (Å²) >= 11 is 3.72. The van der Waals surface area contributed by atoms with Crippen molar-refractivity contribution in [3.63, 3.8) is 0 Å². The van der Waals surface area contributed by atoms with E-state index in [2.05, 4.69) is 72.8 Å². The van der Waals surface area contributed by atoms with Crippen LogP contribution < -0.4 is 0 Å². The molecule has 0 radical (unpaired) electrons. The van der Waals surface area contributed by atoms with Crippen LogP contribution in [0.15, 0.2) is 72.8 Å². The molecule has 4 heteroatoms. The van der Waals surface area contributed by atoms with Crippen molar-refractivity contribution in [2.24, 2.45) is 0 Å². The first-order chi connectivity index (χ1) is 15.8. The molecule has 0 unspecified atom stereocenters. The number of ether oxygens (including phenoxy) is 2. The Bertz CT molecular complexity index is 1520. The standard InChI is InChI=1S/C28H20O2S2/c1-3-19-15-30-16-20-4-2-6-22-24-12-18(8-10-26(24)32-28(20)22)14-29-13-17-7-9-25-23(11-17)21(5-1)27(19)31-25/h1-12H,13-16H2. The van der Waals surface area contributed by atoms with E-state index in [0.717, 1.165) is 0 Å². The molecule has 0 saturated heterocycles. The number of hydrogen-bond donors (Lipinski definition) is 0. The molecule has 0 N–H and O–H groups in total. The van der Waals surface area contributed by atoms with Crippen molar-refractivity contribution in [2.45, 2.75) is 26.4 Å². The highest BCUT2D eigenvalue weighted by Crippen LogP contribution is 2.39. The van der Waals surface area contributed by atoms with Crippen LogP contribution in [-0.4, -0.2) is 0 Å². The van der Waals surface area contributed by atoms with Crippen molar-refractivity contribution in [1.29, 1.82) is 0 Å². The van der Waals surface area contributed by atoms with Crippen LogP contribution in [0.25, 0.3) is 40.3 Å². The molecule has 0 saturated carbocycles. The van der Waals surface area contributed by atoms with E-state index in [1.807, 2.05) is 22.7 Å². The van der Waals surface area contributed by atoms with Gasteiger partial charge >= 0.3 is 0 Å². The van der Waals surface area contributed by atoms with E-state index >= 15 is 0 Å². The Hall–Kier alpha value is -2.76. The van der Waals surface area contributed by atoms with Crippen LogP contribution >= 0.6 is 22.7 Å². The molecule has 7 rings (SSSR count). The first-order valence-electron chi connectivity index (χ1n) is 10.8. The number of rotatable bonds is 0.